The molecule has 1 aromatic heterocycles. The molecule has 0 unspecified atom stereocenters. The fraction of sp³-hybridized carbons (Fsp3) is 0.414. The van der Waals surface area contributed by atoms with Gasteiger partial charge in [-0.05, 0) is 92.4 Å². The van der Waals surface area contributed by atoms with Crippen LogP contribution in [0.1, 0.15) is 49.8 Å². The number of phenols is 1. The van der Waals surface area contributed by atoms with E-state index in [2.05, 4.69) is 10.3 Å². The van der Waals surface area contributed by atoms with Gasteiger partial charge in [0.15, 0.2) is 29.1 Å². The van der Waals surface area contributed by atoms with Crippen molar-refractivity contribution in [3.8, 4) is 17.0 Å². The van der Waals surface area contributed by atoms with E-state index in [-0.39, 0.29) is 17.0 Å². The Kier molecular flexibility index (Phi) is 6.31. The third-order valence-corrected chi connectivity index (χ3v) is 8.61. The van der Waals surface area contributed by atoms with E-state index in [9.17, 15) is 31.9 Å². The topological polar surface area (TPSA) is 75.1 Å². The van der Waals surface area contributed by atoms with E-state index in [0.717, 1.165) is 19.3 Å². The SMILES string of the molecule is O=C(Cc1c(F)c(F)c(F)c(F)c1F)Nc1ncc(-c2ccc(O)cc2)nc1CC12CC3CC(CC(C3)C1)C2. The summed E-state index contributed by atoms with van der Waals surface area (Å²) in [6, 6.07) is 6.43. The molecular formula is C29H26F5N3O2. The summed E-state index contributed by atoms with van der Waals surface area (Å²) in [6.07, 6.45) is 7.81. The number of aromatic hydroxyl groups is 1. The molecule has 10 heteroatoms. The highest BCUT2D eigenvalue weighted by atomic mass is 19.2. The first kappa shape index (κ1) is 25.7. The maximum atomic E-state index is 14.2. The number of benzene rings is 2. The number of rotatable bonds is 6. The van der Waals surface area contributed by atoms with Gasteiger partial charge in [-0.1, -0.05) is 0 Å². The number of aromatic nitrogens is 2. The van der Waals surface area contributed by atoms with E-state index < -0.39 is 47.0 Å². The van der Waals surface area contributed by atoms with Gasteiger partial charge in [-0.15, -0.1) is 0 Å². The first-order valence-electron chi connectivity index (χ1n) is 13.1. The molecule has 204 valence electrons. The highest BCUT2D eigenvalue weighted by Crippen LogP contribution is 2.61. The number of anilines is 1. The van der Waals surface area contributed by atoms with Crippen LogP contribution >= 0.6 is 0 Å². The second-order valence-corrected chi connectivity index (χ2v) is 11.5. The minimum Gasteiger partial charge on any atom is -0.508 e. The summed E-state index contributed by atoms with van der Waals surface area (Å²) in [5.74, 6) is -9.34. The molecule has 4 bridgehead atoms. The van der Waals surface area contributed by atoms with Crippen molar-refractivity contribution >= 4 is 11.7 Å². The Hall–Kier alpha value is -3.56. The fourth-order valence-corrected chi connectivity index (χ4v) is 7.43. The van der Waals surface area contributed by atoms with Crippen molar-refractivity contribution in [1.29, 1.82) is 0 Å². The number of halogens is 5. The van der Waals surface area contributed by atoms with Gasteiger partial charge in [0.25, 0.3) is 0 Å². The van der Waals surface area contributed by atoms with Crippen LogP contribution in [0.4, 0.5) is 27.8 Å². The summed E-state index contributed by atoms with van der Waals surface area (Å²) in [5.41, 5.74) is 0.532. The summed E-state index contributed by atoms with van der Waals surface area (Å²) >= 11 is 0. The molecule has 0 atom stereocenters. The average Bonchev–Trinajstić information content (AvgIpc) is 2.89. The number of amides is 1. The lowest BCUT2D eigenvalue weighted by Crippen LogP contribution is -2.47. The third kappa shape index (κ3) is 4.74. The van der Waals surface area contributed by atoms with Crippen LogP contribution < -0.4 is 5.32 Å². The fourth-order valence-electron chi connectivity index (χ4n) is 7.43. The van der Waals surface area contributed by atoms with Crippen LogP contribution in [0.3, 0.4) is 0 Å². The van der Waals surface area contributed by atoms with Crippen molar-refractivity contribution in [2.24, 2.45) is 23.2 Å². The number of hydrogen-bond acceptors (Lipinski definition) is 4. The summed E-state index contributed by atoms with van der Waals surface area (Å²) in [6.45, 7) is 0. The van der Waals surface area contributed by atoms with Crippen molar-refractivity contribution < 1.29 is 31.9 Å². The molecule has 3 aromatic rings. The first-order valence-corrected chi connectivity index (χ1v) is 13.1. The van der Waals surface area contributed by atoms with Gasteiger partial charge in [0.1, 0.15) is 5.75 Å². The second-order valence-electron chi connectivity index (χ2n) is 11.5. The Morgan fingerprint density at radius 3 is 1.97 bits per heavy atom. The van der Waals surface area contributed by atoms with E-state index in [0.29, 0.717) is 41.1 Å². The summed E-state index contributed by atoms with van der Waals surface area (Å²) in [5, 5.41) is 12.2. The summed E-state index contributed by atoms with van der Waals surface area (Å²) in [4.78, 5) is 22.0. The van der Waals surface area contributed by atoms with Gasteiger partial charge < -0.3 is 10.4 Å². The van der Waals surface area contributed by atoms with E-state index in [1.54, 1.807) is 12.1 Å². The van der Waals surface area contributed by atoms with Crippen LogP contribution in [0.2, 0.25) is 0 Å². The van der Waals surface area contributed by atoms with E-state index >= 15 is 0 Å². The molecule has 2 N–H and O–H groups in total. The molecule has 4 saturated carbocycles. The Balaban J connectivity index is 1.32. The standard InChI is InChI=1S/C29H26F5N3O2/c30-23-19(24(31)26(33)27(34)25(23)32)8-22(39)37-28-20(36-21(13-35-28)17-1-3-18(38)4-2-17)12-29-9-14-5-15(10-29)7-16(6-14)11-29/h1-4,13-16,38H,5-12H2,(H,35,37,39). The van der Waals surface area contributed by atoms with Crippen LogP contribution in [-0.2, 0) is 17.6 Å². The Labute approximate surface area is 221 Å². The lowest BCUT2D eigenvalue weighted by atomic mass is 9.48. The number of carbonyl (C=O) groups is 1. The molecule has 2 aromatic carbocycles. The molecule has 0 spiro atoms. The Morgan fingerprint density at radius 2 is 1.41 bits per heavy atom. The van der Waals surface area contributed by atoms with Gasteiger partial charge in [0.2, 0.25) is 11.7 Å². The molecule has 4 aliphatic carbocycles. The van der Waals surface area contributed by atoms with E-state index in [4.69, 9.17) is 4.98 Å². The lowest BCUT2D eigenvalue weighted by molar-refractivity contribution is -0.115. The smallest absolute Gasteiger partial charge is 0.230 e. The highest BCUT2D eigenvalue weighted by Gasteiger charge is 2.51. The molecule has 5 nitrogen and oxygen atoms in total. The molecule has 1 amide bonds. The van der Waals surface area contributed by atoms with E-state index in [1.165, 1.54) is 37.6 Å². The number of nitrogens with zero attached hydrogens (tertiary/aromatic N) is 2. The predicted octanol–water partition coefficient (Wildman–Crippen LogP) is 6.48. The maximum Gasteiger partial charge on any atom is 0.230 e. The zero-order valence-corrected chi connectivity index (χ0v) is 20.9. The monoisotopic (exact) mass is 543 g/mol. The molecule has 39 heavy (non-hydrogen) atoms. The Bertz CT molecular complexity index is 1400. The predicted molar refractivity (Wildman–Crippen MR) is 132 cm³/mol. The summed E-state index contributed by atoms with van der Waals surface area (Å²) < 4.78 is 69.1. The molecular weight excluding hydrogens is 517 g/mol. The van der Waals surface area contributed by atoms with Gasteiger partial charge in [-0.25, -0.2) is 31.9 Å². The Morgan fingerprint density at radius 1 is 0.872 bits per heavy atom. The van der Waals surface area contributed by atoms with Crippen LogP contribution in [0.5, 0.6) is 5.75 Å². The second kappa shape index (κ2) is 9.57. The van der Waals surface area contributed by atoms with Gasteiger partial charge >= 0.3 is 0 Å². The quantitative estimate of drug-likeness (QED) is 0.212. The van der Waals surface area contributed by atoms with Crippen LogP contribution in [-0.4, -0.2) is 21.0 Å². The zero-order valence-electron chi connectivity index (χ0n) is 20.9. The van der Waals surface area contributed by atoms with Crippen LogP contribution in [0.25, 0.3) is 11.3 Å². The number of nitrogens with one attached hydrogen (secondary N) is 1. The number of phenolic OH excluding ortho intramolecular Hbond substituents is 1. The molecule has 0 radical (unpaired) electrons. The molecule has 7 rings (SSSR count). The highest BCUT2D eigenvalue weighted by molar-refractivity contribution is 5.92. The van der Waals surface area contributed by atoms with E-state index in [1.807, 2.05) is 0 Å². The van der Waals surface area contributed by atoms with Gasteiger partial charge in [-0.2, -0.15) is 0 Å². The lowest BCUT2D eigenvalue weighted by Gasteiger charge is -2.57. The maximum absolute atomic E-state index is 14.2. The third-order valence-electron chi connectivity index (χ3n) is 8.61. The molecule has 1 heterocycles. The number of hydrogen-bond donors (Lipinski definition) is 2. The average molecular weight is 544 g/mol. The van der Waals surface area contributed by atoms with Crippen molar-refractivity contribution in [3.63, 3.8) is 0 Å². The van der Waals surface area contributed by atoms with Gasteiger partial charge in [-0.3, -0.25) is 4.79 Å². The minimum absolute atomic E-state index is 0.0118. The van der Waals surface area contributed by atoms with Crippen molar-refractivity contribution in [3.05, 3.63) is 70.8 Å². The normalized spacial score (nSPS) is 25.2. The largest absolute Gasteiger partial charge is 0.508 e. The van der Waals surface area contributed by atoms with Crippen LogP contribution in [0, 0.1) is 52.3 Å². The zero-order chi connectivity index (χ0) is 27.5. The minimum atomic E-state index is -2.28. The van der Waals surface area contributed by atoms with Crippen LogP contribution in [0.15, 0.2) is 30.5 Å². The molecule has 4 fully saturated rings. The van der Waals surface area contributed by atoms with Gasteiger partial charge in [0, 0.05) is 11.1 Å². The van der Waals surface area contributed by atoms with Gasteiger partial charge in [0.05, 0.1) is 24.0 Å². The van der Waals surface area contributed by atoms with Crippen molar-refractivity contribution in [2.45, 2.75) is 51.4 Å². The molecule has 0 saturated heterocycles. The first-order chi connectivity index (χ1) is 18.6. The number of carbonyl (C=O) groups excluding carboxylic acids is 1. The molecule has 0 aliphatic heterocycles. The van der Waals surface area contributed by atoms with Crippen molar-refractivity contribution in [2.75, 3.05) is 5.32 Å². The van der Waals surface area contributed by atoms with Crippen molar-refractivity contribution in [1.82, 2.24) is 9.97 Å². The summed E-state index contributed by atoms with van der Waals surface area (Å²) in [7, 11) is 0. The molecule has 4 aliphatic rings.